The van der Waals surface area contributed by atoms with Gasteiger partial charge in [0.2, 0.25) is 0 Å². The highest BCUT2D eigenvalue weighted by Crippen LogP contribution is 2.34. The molecule has 0 radical (unpaired) electrons. The number of benzene rings is 2. The first-order valence-electron chi connectivity index (χ1n) is 8.97. The first kappa shape index (κ1) is 18.3. The Labute approximate surface area is 168 Å². The van der Waals surface area contributed by atoms with Gasteiger partial charge in [0.25, 0.3) is 0 Å². The van der Waals surface area contributed by atoms with E-state index in [4.69, 9.17) is 14.5 Å². The molecule has 0 unspecified atom stereocenters. The zero-order valence-electron chi connectivity index (χ0n) is 15.8. The Hall–Kier alpha value is -3.12. The van der Waals surface area contributed by atoms with Crippen LogP contribution in [0.15, 0.2) is 66.3 Å². The SMILES string of the molecule is COc1ccc(OC)c(-c2csc(Cc3nccn3Cc3ccccc3)n2)c1. The molecule has 28 heavy (non-hydrogen) atoms. The van der Waals surface area contributed by atoms with E-state index in [2.05, 4.69) is 39.2 Å². The summed E-state index contributed by atoms with van der Waals surface area (Å²) in [6.07, 6.45) is 4.55. The van der Waals surface area contributed by atoms with E-state index < -0.39 is 0 Å². The molecule has 0 saturated carbocycles. The lowest BCUT2D eigenvalue weighted by Gasteiger charge is -2.08. The molecule has 0 aliphatic carbocycles. The molecule has 0 aliphatic rings. The zero-order valence-corrected chi connectivity index (χ0v) is 16.6. The van der Waals surface area contributed by atoms with Crippen LogP contribution in [0.1, 0.15) is 16.4 Å². The van der Waals surface area contributed by atoms with Crippen LogP contribution in [0.4, 0.5) is 0 Å². The maximum atomic E-state index is 5.49. The standard InChI is InChI=1S/C22H21N3O2S/c1-26-17-8-9-20(27-2)18(12-17)19-15-28-22(24-19)13-21-23-10-11-25(21)14-16-6-4-3-5-7-16/h3-12,15H,13-14H2,1-2H3. The minimum atomic E-state index is 0.691. The highest BCUT2D eigenvalue weighted by Gasteiger charge is 2.13. The smallest absolute Gasteiger partial charge is 0.128 e. The van der Waals surface area contributed by atoms with Gasteiger partial charge in [-0.2, -0.15) is 0 Å². The number of hydrogen-bond acceptors (Lipinski definition) is 5. The number of hydrogen-bond donors (Lipinski definition) is 0. The van der Waals surface area contributed by atoms with Gasteiger partial charge < -0.3 is 14.0 Å². The van der Waals surface area contributed by atoms with Gasteiger partial charge in [-0.3, -0.25) is 0 Å². The molecule has 0 bridgehead atoms. The van der Waals surface area contributed by atoms with Crippen molar-refractivity contribution in [3.63, 3.8) is 0 Å². The van der Waals surface area contributed by atoms with Crippen molar-refractivity contribution in [2.45, 2.75) is 13.0 Å². The molecule has 2 aromatic carbocycles. The summed E-state index contributed by atoms with van der Waals surface area (Å²) in [5.74, 6) is 2.56. The Bertz CT molecular complexity index is 1060. The van der Waals surface area contributed by atoms with Gasteiger partial charge in [0, 0.05) is 29.9 Å². The van der Waals surface area contributed by atoms with Gasteiger partial charge >= 0.3 is 0 Å². The fraction of sp³-hybridized carbons (Fsp3) is 0.182. The van der Waals surface area contributed by atoms with Gasteiger partial charge in [-0.1, -0.05) is 30.3 Å². The molecule has 0 fully saturated rings. The first-order valence-corrected chi connectivity index (χ1v) is 9.85. The summed E-state index contributed by atoms with van der Waals surface area (Å²) >= 11 is 1.63. The van der Waals surface area contributed by atoms with Crippen molar-refractivity contribution in [3.8, 4) is 22.8 Å². The summed E-state index contributed by atoms with van der Waals surface area (Å²) in [6, 6.07) is 16.1. The van der Waals surface area contributed by atoms with E-state index in [0.29, 0.717) is 6.42 Å². The van der Waals surface area contributed by atoms with Crippen LogP contribution in [0, 0.1) is 0 Å². The normalized spacial score (nSPS) is 10.8. The third kappa shape index (κ3) is 3.92. The van der Waals surface area contributed by atoms with Gasteiger partial charge in [0.1, 0.15) is 22.3 Å². The van der Waals surface area contributed by atoms with Gasteiger partial charge in [0.15, 0.2) is 0 Å². The number of aromatic nitrogens is 3. The van der Waals surface area contributed by atoms with Gasteiger partial charge in [-0.15, -0.1) is 11.3 Å². The second-order valence-electron chi connectivity index (χ2n) is 6.33. The predicted octanol–water partition coefficient (Wildman–Crippen LogP) is 4.66. The summed E-state index contributed by atoms with van der Waals surface area (Å²) in [5, 5.41) is 3.07. The van der Waals surface area contributed by atoms with Gasteiger partial charge in [0.05, 0.1) is 26.3 Å². The molecule has 142 valence electrons. The number of methoxy groups -OCH3 is 2. The largest absolute Gasteiger partial charge is 0.497 e. The highest BCUT2D eigenvalue weighted by molar-refractivity contribution is 7.10. The number of thiazole rings is 1. The van der Waals surface area contributed by atoms with Crippen LogP contribution in [0.5, 0.6) is 11.5 Å². The van der Waals surface area contributed by atoms with Crippen molar-refractivity contribution in [3.05, 3.63) is 82.7 Å². The minimum Gasteiger partial charge on any atom is -0.497 e. The average molecular weight is 391 g/mol. The molecule has 4 aromatic rings. The van der Waals surface area contributed by atoms with Crippen LogP contribution in [-0.4, -0.2) is 28.8 Å². The summed E-state index contributed by atoms with van der Waals surface area (Å²) < 4.78 is 13.0. The third-order valence-corrected chi connectivity index (χ3v) is 5.39. The second kappa shape index (κ2) is 8.27. The van der Waals surface area contributed by atoms with Gasteiger partial charge in [-0.25, -0.2) is 9.97 Å². The fourth-order valence-electron chi connectivity index (χ4n) is 3.10. The van der Waals surface area contributed by atoms with Crippen molar-refractivity contribution >= 4 is 11.3 Å². The van der Waals surface area contributed by atoms with Crippen molar-refractivity contribution < 1.29 is 9.47 Å². The lowest BCUT2D eigenvalue weighted by Crippen LogP contribution is -2.05. The van der Waals surface area contributed by atoms with Crippen LogP contribution < -0.4 is 9.47 Å². The lowest BCUT2D eigenvalue weighted by atomic mass is 10.1. The molecule has 0 spiro atoms. The number of nitrogens with zero attached hydrogens (tertiary/aromatic N) is 3. The number of rotatable bonds is 7. The molecule has 0 aliphatic heterocycles. The molecular weight excluding hydrogens is 370 g/mol. The Morgan fingerprint density at radius 2 is 1.89 bits per heavy atom. The molecule has 2 heterocycles. The van der Waals surface area contributed by atoms with Crippen LogP contribution in [0.3, 0.4) is 0 Å². The average Bonchev–Trinajstić information content (AvgIpc) is 3.38. The Kier molecular flexibility index (Phi) is 5.39. The highest BCUT2D eigenvalue weighted by atomic mass is 32.1. The van der Waals surface area contributed by atoms with Crippen LogP contribution >= 0.6 is 11.3 Å². The Morgan fingerprint density at radius 1 is 1.04 bits per heavy atom. The van der Waals surface area contributed by atoms with Crippen molar-refractivity contribution in [1.82, 2.24) is 14.5 Å². The number of ether oxygens (including phenoxy) is 2. The third-order valence-electron chi connectivity index (χ3n) is 4.54. The summed E-state index contributed by atoms with van der Waals surface area (Å²) in [6.45, 7) is 0.804. The quantitative estimate of drug-likeness (QED) is 0.460. The summed E-state index contributed by atoms with van der Waals surface area (Å²) in [7, 11) is 3.32. The predicted molar refractivity (Wildman–Crippen MR) is 111 cm³/mol. The summed E-state index contributed by atoms with van der Waals surface area (Å²) in [4.78, 5) is 9.35. The molecule has 0 atom stereocenters. The van der Waals surface area contributed by atoms with E-state index in [-0.39, 0.29) is 0 Å². The monoisotopic (exact) mass is 391 g/mol. The summed E-state index contributed by atoms with van der Waals surface area (Å²) in [5.41, 5.74) is 3.07. The van der Waals surface area contributed by atoms with Crippen LogP contribution in [0.25, 0.3) is 11.3 Å². The molecule has 0 N–H and O–H groups in total. The molecular formula is C22H21N3O2S. The van der Waals surface area contributed by atoms with E-state index in [1.54, 1.807) is 25.6 Å². The fourth-order valence-corrected chi connectivity index (χ4v) is 3.89. The minimum absolute atomic E-state index is 0.691. The Morgan fingerprint density at radius 3 is 2.68 bits per heavy atom. The van der Waals surface area contributed by atoms with E-state index in [1.807, 2.05) is 36.7 Å². The van der Waals surface area contributed by atoms with Crippen LogP contribution in [0.2, 0.25) is 0 Å². The molecule has 0 saturated heterocycles. The first-order chi connectivity index (χ1) is 13.8. The van der Waals surface area contributed by atoms with Gasteiger partial charge in [-0.05, 0) is 23.8 Å². The second-order valence-corrected chi connectivity index (χ2v) is 7.27. The van der Waals surface area contributed by atoms with E-state index in [9.17, 15) is 0 Å². The maximum absolute atomic E-state index is 5.49. The van der Waals surface area contributed by atoms with E-state index in [1.165, 1.54) is 5.56 Å². The zero-order chi connectivity index (χ0) is 19.3. The van der Waals surface area contributed by atoms with E-state index >= 15 is 0 Å². The molecule has 0 amide bonds. The van der Waals surface area contributed by atoms with E-state index in [0.717, 1.165) is 40.1 Å². The molecule has 5 nitrogen and oxygen atoms in total. The lowest BCUT2D eigenvalue weighted by molar-refractivity contribution is 0.404. The topological polar surface area (TPSA) is 49.2 Å². The molecule has 6 heteroatoms. The van der Waals surface area contributed by atoms with Crippen molar-refractivity contribution in [1.29, 1.82) is 0 Å². The maximum Gasteiger partial charge on any atom is 0.128 e. The Balaban J connectivity index is 1.56. The van der Waals surface area contributed by atoms with Crippen molar-refractivity contribution in [2.75, 3.05) is 14.2 Å². The molecule has 2 aromatic heterocycles. The molecule has 4 rings (SSSR count). The van der Waals surface area contributed by atoms with Crippen molar-refractivity contribution in [2.24, 2.45) is 0 Å². The number of imidazole rings is 1. The van der Waals surface area contributed by atoms with Crippen LogP contribution in [-0.2, 0) is 13.0 Å².